The summed E-state index contributed by atoms with van der Waals surface area (Å²) >= 11 is 0. The van der Waals surface area contributed by atoms with Crippen LogP contribution in [0.25, 0.3) is 0 Å². The molecule has 0 fully saturated rings. The van der Waals surface area contributed by atoms with Crippen LogP contribution in [0, 0.1) is 20.8 Å². The summed E-state index contributed by atoms with van der Waals surface area (Å²) in [6.45, 7) is 11.2. The van der Waals surface area contributed by atoms with E-state index >= 15 is 0 Å². The van der Waals surface area contributed by atoms with Crippen molar-refractivity contribution in [2.24, 2.45) is 0 Å². The molecule has 0 aliphatic carbocycles. The number of nitrogens with one attached hydrogen (secondary N) is 1. The van der Waals surface area contributed by atoms with E-state index in [0.29, 0.717) is 4.48 Å². The van der Waals surface area contributed by atoms with Gasteiger partial charge in [-0.25, -0.2) is 0 Å². The summed E-state index contributed by atoms with van der Waals surface area (Å²) in [5, 5.41) is 3.09. The molecular weight excluding hydrogens is 325 g/mol. The molecule has 4 heteroatoms. The Morgan fingerprint density at radius 2 is 1.65 bits per heavy atom. The third kappa shape index (κ3) is 4.65. The predicted molar refractivity (Wildman–Crippen MR) is 81.4 cm³/mol. The maximum Gasteiger partial charge on any atom is 0.282 e. The monoisotopic (exact) mass is 352 g/mol. The Morgan fingerprint density at radius 1 is 1.20 bits per heavy atom. The van der Waals surface area contributed by atoms with Crippen molar-refractivity contribution < 1.29 is 42.0 Å². The molecule has 0 aliphatic heterocycles. The molecule has 0 bridgehead atoms. The molecule has 3 nitrogen and oxygen atoms in total. The summed E-state index contributed by atoms with van der Waals surface area (Å²) in [4.78, 5) is 12.4. The number of carbonyl (C=O) groups is 1. The molecular formula is C16H27N2OY+. The zero-order chi connectivity index (χ0) is 14.8. The SMILES string of the molecule is CC[N+](C)(C)C(C)C(=O)Nc1c(C)cc(C)cc1C.[Y]. The van der Waals surface area contributed by atoms with Crippen LogP contribution in [0.1, 0.15) is 30.5 Å². The molecule has 1 amide bonds. The average Bonchev–Trinajstić information content (AvgIpc) is 2.32. The van der Waals surface area contributed by atoms with Gasteiger partial charge in [0.2, 0.25) is 0 Å². The van der Waals surface area contributed by atoms with Crippen LogP contribution >= 0.6 is 0 Å². The second-order valence-electron chi connectivity index (χ2n) is 6.03. The summed E-state index contributed by atoms with van der Waals surface area (Å²) in [6, 6.07) is 4.14. The van der Waals surface area contributed by atoms with E-state index in [0.717, 1.165) is 23.4 Å². The summed E-state index contributed by atoms with van der Waals surface area (Å²) in [5.74, 6) is 0.0851. The van der Waals surface area contributed by atoms with Crippen LogP contribution in [0.15, 0.2) is 12.1 Å². The van der Waals surface area contributed by atoms with Crippen LogP contribution in [0.2, 0.25) is 0 Å². The van der Waals surface area contributed by atoms with Gasteiger partial charge >= 0.3 is 0 Å². The second kappa shape index (κ2) is 7.67. The number of hydrogen-bond donors (Lipinski definition) is 1. The van der Waals surface area contributed by atoms with Gasteiger partial charge in [-0.2, -0.15) is 0 Å². The van der Waals surface area contributed by atoms with Crippen LogP contribution < -0.4 is 5.32 Å². The molecule has 1 aromatic carbocycles. The van der Waals surface area contributed by atoms with Crippen molar-refractivity contribution >= 4 is 11.6 Å². The van der Waals surface area contributed by atoms with Crippen LogP contribution in [-0.2, 0) is 37.5 Å². The summed E-state index contributed by atoms with van der Waals surface area (Å²) in [7, 11) is 4.16. The minimum Gasteiger partial charge on any atom is -0.320 e. The second-order valence-corrected chi connectivity index (χ2v) is 6.03. The first-order valence-electron chi connectivity index (χ1n) is 6.90. The molecule has 0 spiro atoms. The Morgan fingerprint density at radius 3 is 2.05 bits per heavy atom. The standard InChI is InChI=1S/C16H26N2O.Y/c1-8-18(6,7)14(5)16(19)17-15-12(3)9-11(2)10-13(15)4;/h9-10,14H,8H2,1-7H3;/p+1. The van der Waals surface area contributed by atoms with Crippen molar-refractivity contribution in [1.82, 2.24) is 0 Å². The molecule has 1 N–H and O–H groups in total. The zero-order valence-electron chi connectivity index (χ0n) is 13.9. The smallest absolute Gasteiger partial charge is 0.282 e. The first-order chi connectivity index (χ1) is 8.69. The maximum atomic E-state index is 12.4. The molecule has 0 saturated carbocycles. The van der Waals surface area contributed by atoms with Gasteiger partial charge in [-0.1, -0.05) is 17.7 Å². The first-order valence-corrected chi connectivity index (χ1v) is 6.90. The molecule has 1 rings (SSSR count). The van der Waals surface area contributed by atoms with Gasteiger partial charge in [-0.3, -0.25) is 4.79 Å². The molecule has 0 heterocycles. The summed E-state index contributed by atoms with van der Waals surface area (Å²) in [5.41, 5.74) is 4.43. The van der Waals surface area contributed by atoms with Gasteiger partial charge in [0.05, 0.1) is 20.6 Å². The van der Waals surface area contributed by atoms with E-state index in [1.54, 1.807) is 0 Å². The van der Waals surface area contributed by atoms with Gasteiger partial charge in [-0.15, -0.1) is 0 Å². The van der Waals surface area contributed by atoms with Crippen molar-refractivity contribution in [1.29, 1.82) is 0 Å². The van der Waals surface area contributed by atoms with E-state index in [-0.39, 0.29) is 44.7 Å². The van der Waals surface area contributed by atoms with Crippen molar-refractivity contribution in [3.05, 3.63) is 28.8 Å². The topological polar surface area (TPSA) is 29.1 Å². The predicted octanol–water partition coefficient (Wildman–Crippen LogP) is 3.03. The minimum absolute atomic E-state index is 0. The maximum absolute atomic E-state index is 12.4. The molecule has 0 aromatic heterocycles. The fraction of sp³-hybridized carbons (Fsp3) is 0.562. The van der Waals surface area contributed by atoms with Crippen LogP contribution in [0.5, 0.6) is 0 Å². The molecule has 109 valence electrons. The summed E-state index contributed by atoms with van der Waals surface area (Å²) in [6.07, 6.45) is 0. The van der Waals surface area contributed by atoms with Crippen molar-refractivity contribution in [2.75, 3.05) is 26.0 Å². The van der Waals surface area contributed by atoms with Gasteiger partial charge in [0.1, 0.15) is 0 Å². The third-order valence-electron chi connectivity index (χ3n) is 4.17. The zero-order valence-corrected chi connectivity index (χ0v) is 16.7. The normalized spacial score (nSPS) is 12.6. The van der Waals surface area contributed by atoms with Crippen LogP contribution in [0.4, 0.5) is 5.69 Å². The number of likely N-dealkylation sites (N-methyl/N-ethyl adjacent to an activating group) is 1. The number of rotatable bonds is 4. The van der Waals surface area contributed by atoms with Gasteiger partial charge < -0.3 is 9.80 Å². The number of anilines is 1. The molecule has 0 saturated heterocycles. The number of aryl methyl sites for hydroxylation is 3. The van der Waals surface area contributed by atoms with E-state index in [2.05, 4.69) is 45.4 Å². The first kappa shape index (κ1) is 19.8. The Hall–Kier alpha value is -0.246. The number of amides is 1. The summed E-state index contributed by atoms with van der Waals surface area (Å²) < 4.78 is 0.690. The molecule has 20 heavy (non-hydrogen) atoms. The number of nitrogens with zero attached hydrogens (tertiary/aromatic N) is 1. The van der Waals surface area contributed by atoms with Crippen LogP contribution in [-0.4, -0.2) is 37.1 Å². The Kier molecular flexibility index (Phi) is 7.58. The largest absolute Gasteiger partial charge is 0.320 e. The fourth-order valence-corrected chi connectivity index (χ4v) is 2.20. The quantitative estimate of drug-likeness (QED) is 0.830. The van der Waals surface area contributed by atoms with E-state index in [4.69, 9.17) is 0 Å². The fourth-order valence-electron chi connectivity index (χ4n) is 2.20. The molecule has 1 unspecified atom stereocenters. The van der Waals surface area contributed by atoms with Gasteiger partial charge in [0, 0.05) is 38.4 Å². The van der Waals surface area contributed by atoms with Crippen molar-refractivity contribution in [2.45, 2.75) is 40.7 Å². The molecule has 1 atom stereocenters. The van der Waals surface area contributed by atoms with E-state index in [1.807, 2.05) is 20.8 Å². The van der Waals surface area contributed by atoms with E-state index in [9.17, 15) is 4.79 Å². The minimum atomic E-state index is -0.0647. The van der Waals surface area contributed by atoms with E-state index in [1.165, 1.54) is 5.56 Å². The van der Waals surface area contributed by atoms with E-state index < -0.39 is 0 Å². The van der Waals surface area contributed by atoms with Gasteiger partial charge in [-0.05, 0) is 45.7 Å². The Labute approximate surface area is 148 Å². The van der Waals surface area contributed by atoms with Crippen LogP contribution in [0.3, 0.4) is 0 Å². The Balaban J connectivity index is 0.00000361. The number of hydrogen-bond acceptors (Lipinski definition) is 1. The number of quaternary nitrogens is 1. The average molecular weight is 352 g/mol. The Bertz CT molecular complexity index is 460. The number of benzene rings is 1. The van der Waals surface area contributed by atoms with Crippen molar-refractivity contribution in [3.8, 4) is 0 Å². The molecule has 0 aliphatic rings. The number of carbonyl (C=O) groups excluding carboxylic acids is 1. The third-order valence-corrected chi connectivity index (χ3v) is 4.17. The van der Waals surface area contributed by atoms with Crippen molar-refractivity contribution in [3.63, 3.8) is 0 Å². The van der Waals surface area contributed by atoms with Gasteiger partial charge in [0.15, 0.2) is 6.04 Å². The molecule has 1 radical (unpaired) electrons. The molecule has 1 aromatic rings. The van der Waals surface area contributed by atoms with Gasteiger partial charge in [0.25, 0.3) is 5.91 Å².